The maximum atomic E-state index is 13.6. The van der Waals surface area contributed by atoms with E-state index in [-0.39, 0.29) is 21.0 Å². The molecule has 2 rings (SSSR count). The number of rotatable bonds is 3. The van der Waals surface area contributed by atoms with E-state index in [9.17, 15) is 13.6 Å². The Morgan fingerprint density at radius 3 is 2.47 bits per heavy atom. The highest BCUT2D eigenvalue weighted by atomic mass is 79.9. The van der Waals surface area contributed by atoms with Crippen LogP contribution in [0.3, 0.4) is 0 Å². The standard InChI is InChI=1S/C11H5BrClF2N3O/c12-5-1-7(14)9(8(15)2-5)18-11-6(3-19)10(13)16-4-17-11/h1-4H,(H,16,17,18). The van der Waals surface area contributed by atoms with Crippen molar-refractivity contribution < 1.29 is 13.6 Å². The average molecular weight is 349 g/mol. The Morgan fingerprint density at radius 1 is 1.26 bits per heavy atom. The van der Waals surface area contributed by atoms with Gasteiger partial charge in [0.25, 0.3) is 0 Å². The number of anilines is 2. The molecule has 2 aromatic rings. The van der Waals surface area contributed by atoms with E-state index in [1.807, 2.05) is 0 Å². The molecule has 98 valence electrons. The SMILES string of the molecule is O=Cc1c(Cl)ncnc1Nc1c(F)cc(Br)cc1F. The second-order valence-corrected chi connectivity index (χ2v) is 4.69. The Hall–Kier alpha value is -1.60. The molecule has 8 heteroatoms. The zero-order valence-electron chi connectivity index (χ0n) is 9.12. The molecule has 1 heterocycles. The molecule has 0 saturated carbocycles. The van der Waals surface area contributed by atoms with Crippen molar-refractivity contribution in [2.75, 3.05) is 5.32 Å². The number of aldehydes is 1. The summed E-state index contributed by atoms with van der Waals surface area (Å²) in [5, 5.41) is 2.28. The van der Waals surface area contributed by atoms with Crippen molar-refractivity contribution in [2.45, 2.75) is 0 Å². The molecule has 0 amide bonds. The Bertz CT molecular complexity index is 631. The van der Waals surface area contributed by atoms with Crippen LogP contribution in [-0.2, 0) is 0 Å². The summed E-state index contributed by atoms with van der Waals surface area (Å²) >= 11 is 8.64. The number of carbonyl (C=O) groups excluding carboxylic acids is 1. The molecule has 1 N–H and O–H groups in total. The first-order valence-corrected chi connectivity index (χ1v) is 6.07. The first-order valence-electron chi connectivity index (χ1n) is 4.90. The molecule has 0 aliphatic rings. The number of hydrogen-bond acceptors (Lipinski definition) is 4. The number of nitrogens with zero attached hydrogens (tertiary/aromatic N) is 2. The van der Waals surface area contributed by atoms with Crippen LogP contribution < -0.4 is 5.32 Å². The summed E-state index contributed by atoms with van der Waals surface area (Å²) in [6.07, 6.45) is 1.48. The third-order valence-corrected chi connectivity index (χ3v) is 2.96. The normalized spacial score (nSPS) is 10.3. The molecule has 0 saturated heterocycles. The van der Waals surface area contributed by atoms with Gasteiger partial charge in [-0.05, 0) is 12.1 Å². The predicted octanol–water partition coefficient (Wildman–Crippen LogP) is 3.73. The zero-order valence-corrected chi connectivity index (χ0v) is 11.5. The van der Waals surface area contributed by atoms with Crippen molar-refractivity contribution in [2.24, 2.45) is 0 Å². The maximum absolute atomic E-state index is 13.6. The topological polar surface area (TPSA) is 54.9 Å². The van der Waals surface area contributed by atoms with Gasteiger partial charge in [0.2, 0.25) is 0 Å². The minimum absolute atomic E-state index is 0.0740. The molecule has 0 fully saturated rings. The van der Waals surface area contributed by atoms with Crippen LogP contribution >= 0.6 is 27.5 Å². The lowest BCUT2D eigenvalue weighted by atomic mass is 10.2. The van der Waals surface area contributed by atoms with Crippen LogP contribution in [0.25, 0.3) is 0 Å². The van der Waals surface area contributed by atoms with Crippen molar-refractivity contribution in [3.05, 3.63) is 45.3 Å². The molecule has 0 atom stereocenters. The van der Waals surface area contributed by atoms with Crippen molar-refractivity contribution >= 4 is 45.3 Å². The van der Waals surface area contributed by atoms with Gasteiger partial charge in [0.15, 0.2) is 17.9 Å². The van der Waals surface area contributed by atoms with E-state index >= 15 is 0 Å². The monoisotopic (exact) mass is 347 g/mol. The van der Waals surface area contributed by atoms with E-state index in [4.69, 9.17) is 11.6 Å². The van der Waals surface area contributed by atoms with Gasteiger partial charge >= 0.3 is 0 Å². The largest absolute Gasteiger partial charge is 0.335 e. The highest BCUT2D eigenvalue weighted by Gasteiger charge is 2.15. The number of benzene rings is 1. The summed E-state index contributed by atoms with van der Waals surface area (Å²) in [7, 11) is 0. The number of halogens is 4. The van der Waals surface area contributed by atoms with Crippen LogP contribution in [0.5, 0.6) is 0 Å². The molecular weight excluding hydrogens is 343 g/mol. The first kappa shape index (κ1) is 13.8. The molecule has 19 heavy (non-hydrogen) atoms. The third-order valence-electron chi connectivity index (χ3n) is 2.20. The van der Waals surface area contributed by atoms with Crippen molar-refractivity contribution in [3.63, 3.8) is 0 Å². The Labute approximate surface area is 120 Å². The summed E-state index contributed by atoms with van der Waals surface area (Å²) in [6.45, 7) is 0. The fraction of sp³-hybridized carbons (Fsp3) is 0. The quantitative estimate of drug-likeness (QED) is 0.678. The minimum atomic E-state index is -0.835. The van der Waals surface area contributed by atoms with Gasteiger partial charge in [-0.2, -0.15) is 0 Å². The van der Waals surface area contributed by atoms with E-state index in [1.54, 1.807) is 0 Å². The lowest BCUT2D eigenvalue weighted by molar-refractivity contribution is 0.112. The minimum Gasteiger partial charge on any atom is -0.335 e. The second kappa shape index (κ2) is 5.58. The highest BCUT2D eigenvalue weighted by molar-refractivity contribution is 9.10. The molecule has 0 radical (unpaired) electrons. The molecular formula is C11H5BrClF2N3O. The second-order valence-electron chi connectivity index (χ2n) is 3.41. The van der Waals surface area contributed by atoms with E-state index < -0.39 is 17.3 Å². The van der Waals surface area contributed by atoms with E-state index in [1.165, 1.54) is 0 Å². The van der Waals surface area contributed by atoms with Crippen molar-refractivity contribution in [3.8, 4) is 0 Å². The van der Waals surface area contributed by atoms with Gasteiger partial charge in [0.1, 0.15) is 23.0 Å². The van der Waals surface area contributed by atoms with Crippen LogP contribution in [-0.4, -0.2) is 16.3 Å². The number of carbonyl (C=O) groups is 1. The lowest BCUT2D eigenvalue weighted by Gasteiger charge is -2.10. The number of nitrogens with one attached hydrogen (secondary N) is 1. The predicted molar refractivity (Wildman–Crippen MR) is 69.8 cm³/mol. The highest BCUT2D eigenvalue weighted by Crippen LogP contribution is 2.28. The van der Waals surface area contributed by atoms with Crippen LogP contribution in [0.15, 0.2) is 22.9 Å². The van der Waals surface area contributed by atoms with Crippen LogP contribution in [0, 0.1) is 11.6 Å². The van der Waals surface area contributed by atoms with Gasteiger partial charge in [-0.3, -0.25) is 4.79 Å². The van der Waals surface area contributed by atoms with Crippen LogP contribution in [0.4, 0.5) is 20.3 Å². The number of aromatic nitrogens is 2. The summed E-state index contributed by atoms with van der Waals surface area (Å²) < 4.78 is 27.5. The molecule has 0 aliphatic carbocycles. The maximum Gasteiger partial charge on any atom is 0.156 e. The van der Waals surface area contributed by atoms with Crippen LogP contribution in [0.1, 0.15) is 10.4 Å². The number of hydrogen-bond donors (Lipinski definition) is 1. The van der Waals surface area contributed by atoms with Gasteiger partial charge in [-0.15, -0.1) is 0 Å². The average Bonchev–Trinajstić information content (AvgIpc) is 2.34. The Balaban J connectivity index is 2.48. The van der Waals surface area contributed by atoms with Gasteiger partial charge < -0.3 is 5.32 Å². The molecule has 0 aliphatic heterocycles. The Kier molecular flexibility index (Phi) is 4.06. The van der Waals surface area contributed by atoms with E-state index in [0.29, 0.717) is 6.29 Å². The molecule has 1 aromatic carbocycles. The van der Waals surface area contributed by atoms with Crippen LogP contribution in [0.2, 0.25) is 5.15 Å². The fourth-order valence-electron chi connectivity index (χ4n) is 1.36. The summed E-state index contributed by atoms with van der Waals surface area (Å²) in [5.41, 5.74) is -0.507. The molecule has 4 nitrogen and oxygen atoms in total. The summed E-state index contributed by atoms with van der Waals surface area (Å²) in [6, 6.07) is 2.16. The smallest absolute Gasteiger partial charge is 0.156 e. The lowest BCUT2D eigenvalue weighted by Crippen LogP contribution is -2.04. The van der Waals surface area contributed by atoms with Gasteiger partial charge in [0, 0.05) is 4.47 Å². The van der Waals surface area contributed by atoms with Gasteiger partial charge in [-0.1, -0.05) is 27.5 Å². The van der Waals surface area contributed by atoms with Crippen molar-refractivity contribution in [1.82, 2.24) is 9.97 Å². The molecule has 1 aromatic heterocycles. The summed E-state index contributed by atoms with van der Waals surface area (Å²) in [4.78, 5) is 18.2. The molecule has 0 spiro atoms. The first-order chi connectivity index (χ1) is 9.02. The van der Waals surface area contributed by atoms with E-state index in [0.717, 1.165) is 18.5 Å². The van der Waals surface area contributed by atoms with Crippen molar-refractivity contribution in [1.29, 1.82) is 0 Å². The van der Waals surface area contributed by atoms with Gasteiger partial charge in [-0.25, -0.2) is 18.7 Å². The zero-order chi connectivity index (χ0) is 14.0. The Morgan fingerprint density at radius 2 is 1.89 bits per heavy atom. The molecule has 0 unspecified atom stereocenters. The van der Waals surface area contributed by atoms with Gasteiger partial charge in [0.05, 0.1) is 5.56 Å². The summed E-state index contributed by atoms with van der Waals surface area (Å²) in [5.74, 6) is -1.74. The van der Waals surface area contributed by atoms with E-state index in [2.05, 4.69) is 31.2 Å². The molecule has 0 bridgehead atoms. The fourth-order valence-corrected chi connectivity index (χ4v) is 1.94. The third kappa shape index (κ3) is 2.87.